The Kier molecular flexibility index (Phi) is 2.36. The van der Waals surface area contributed by atoms with Crippen molar-refractivity contribution in [2.75, 3.05) is 7.11 Å². The topological polar surface area (TPSA) is 72.6 Å². The van der Waals surface area contributed by atoms with Gasteiger partial charge in [0.1, 0.15) is 5.75 Å². The lowest BCUT2D eigenvalue weighted by Crippen LogP contribution is -1.94. The zero-order valence-electron chi connectivity index (χ0n) is 7.27. The second kappa shape index (κ2) is 3.30. The van der Waals surface area contributed by atoms with Crippen LogP contribution in [0.2, 0.25) is 0 Å². The van der Waals surface area contributed by atoms with Crippen LogP contribution in [-0.2, 0) is 0 Å². The molecule has 0 amide bonds. The van der Waals surface area contributed by atoms with Gasteiger partial charge in [0, 0.05) is 0 Å². The summed E-state index contributed by atoms with van der Waals surface area (Å²) in [6, 6.07) is 2.50. The van der Waals surface area contributed by atoms with Gasteiger partial charge in [0.05, 0.1) is 18.1 Å². The van der Waals surface area contributed by atoms with Crippen molar-refractivity contribution < 1.29 is 14.8 Å². The van der Waals surface area contributed by atoms with E-state index in [0.717, 1.165) is 6.07 Å². The van der Waals surface area contributed by atoms with Crippen LogP contribution in [0.1, 0.15) is 5.56 Å². The minimum atomic E-state index is -0.599. The number of benzene rings is 1. The van der Waals surface area contributed by atoms with Gasteiger partial charge in [0.2, 0.25) is 0 Å². The Balaban J connectivity index is 3.33. The highest BCUT2D eigenvalue weighted by Gasteiger charge is 2.16. The number of rotatable bonds is 2. The number of aryl methyl sites for hydroxylation is 1. The molecule has 0 unspecified atom stereocenters. The van der Waals surface area contributed by atoms with E-state index in [1.54, 1.807) is 6.92 Å². The molecule has 1 rings (SSSR count). The highest BCUT2D eigenvalue weighted by Crippen LogP contribution is 2.32. The Labute approximate surface area is 74.7 Å². The predicted octanol–water partition coefficient (Wildman–Crippen LogP) is 1.62. The molecule has 1 N–H and O–H groups in total. The lowest BCUT2D eigenvalue weighted by molar-refractivity contribution is -0.385. The van der Waals surface area contributed by atoms with Gasteiger partial charge < -0.3 is 9.84 Å². The monoisotopic (exact) mass is 183 g/mol. The second-order valence-electron chi connectivity index (χ2n) is 2.57. The third-order valence-electron chi connectivity index (χ3n) is 1.69. The first-order chi connectivity index (χ1) is 6.06. The quantitative estimate of drug-likeness (QED) is 0.558. The fraction of sp³-hybridized carbons (Fsp3) is 0.250. The molecule has 0 spiro atoms. The molecule has 5 nitrogen and oxygen atoms in total. The number of nitro groups is 1. The van der Waals surface area contributed by atoms with Gasteiger partial charge in [-0.1, -0.05) is 0 Å². The first-order valence-electron chi connectivity index (χ1n) is 3.58. The van der Waals surface area contributed by atoms with E-state index in [1.807, 2.05) is 0 Å². The number of methoxy groups -OCH3 is 1. The summed E-state index contributed by atoms with van der Waals surface area (Å²) in [4.78, 5) is 9.86. The van der Waals surface area contributed by atoms with Gasteiger partial charge in [-0.05, 0) is 18.6 Å². The van der Waals surface area contributed by atoms with E-state index >= 15 is 0 Å². The zero-order valence-corrected chi connectivity index (χ0v) is 7.27. The normalized spacial score (nSPS) is 9.69. The molecule has 1 aromatic carbocycles. The van der Waals surface area contributed by atoms with E-state index in [4.69, 9.17) is 4.74 Å². The molecule has 0 saturated heterocycles. The van der Waals surface area contributed by atoms with Crippen LogP contribution in [0.25, 0.3) is 0 Å². The maximum atomic E-state index is 10.5. The van der Waals surface area contributed by atoms with Crippen molar-refractivity contribution in [1.82, 2.24) is 0 Å². The van der Waals surface area contributed by atoms with Crippen molar-refractivity contribution in [3.8, 4) is 11.5 Å². The molecule has 0 atom stereocenters. The molecular weight excluding hydrogens is 174 g/mol. The number of nitro benzene ring substituents is 1. The molecule has 0 aliphatic heterocycles. The van der Waals surface area contributed by atoms with Crippen molar-refractivity contribution in [2.45, 2.75) is 6.92 Å². The van der Waals surface area contributed by atoms with Crippen molar-refractivity contribution in [2.24, 2.45) is 0 Å². The number of hydrogen-bond donors (Lipinski definition) is 1. The fourth-order valence-electron chi connectivity index (χ4n) is 0.965. The van der Waals surface area contributed by atoms with Crippen molar-refractivity contribution in [1.29, 1.82) is 0 Å². The molecule has 1 aromatic rings. The molecule has 0 radical (unpaired) electrons. The van der Waals surface area contributed by atoms with E-state index in [1.165, 1.54) is 13.2 Å². The van der Waals surface area contributed by atoms with Crippen molar-refractivity contribution in [3.05, 3.63) is 27.8 Å². The molecule has 0 heterocycles. The highest BCUT2D eigenvalue weighted by atomic mass is 16.6. The lowest BCUT2D eigenvalue weighted by atomic mass is 10.2. The molecule has 70 valence electrons. The maximum Gasteiger partial charge on any atom is 0.314 e. The summed E-state index contributed by atoms with van der Waals surface area (Å²) < 4.78 is 4.79. The van der Waals surface area contributed by atoms with Crippen LogP contribution in [0.4, 0.5) is 5.69 Å². The van der Waals surface area contributed by atoms with Gasteiger partial charge in [0.15, 0.2) is 5.75 Å². The number of phenolic OH excluding ortho intramolecular Hbond substituents is 1. The number of ether oxygens (including phenoxy) is 1. The maximum absolute atomic E-state index is 10.5. The summed E-state index contributed by atoms with van der Waals surface area (Å²) in [7, 11) is 1.35. The summed E-state index contributed by atoms with van der Waals surface area (Å²) in [5.74, 6) is 0.0489. The van der Waals surface area contributed by atoms with Crippen LogP contribution in [-0.4, -0.2) is 17.1 Å². The standard InChI is InChI=1S/C8H9NO4/c1-5-3-8(13-2)6(9(11)12)4-7(5)10/h3-4,10H,1-2H3. The largest absolute Gasteiger partial charge is 0.507 e. The Morgan fingerprint density at radius 2 is 2.15 bits per heavy atom. The van der Waals surface area contributed by atoms with E-state index in [2.05, 4.69) is 0 Å². The third kappa shape index (κ3) is 1.69. The summed E-state index contributed by atoms with van der Waals surface area (Å²) >= 11 is 0. The van der Waals surface area contributed by atoms with Gasteiger partial charge in [-0.3, -0.25) is 10.1 Å². The van der Waals surface area contributed by atoms with E-state index in [0.29, 0.717) is 5.56 Å². The van der Waals surface area contributed by atoms with Crippen LogP contribution >= 0.6 is 0 Å². The molecule has 0 fully saturated rings. The van der Waals surface area contributed by atoms with Gasteiger partial charge in [-0.25, -0.2) is 0 Å². The average Bonchev–Trinajstić information content (AvgIpc) is 2.08. The molecule has 0 aromatic heterocycles. The Morgan fingerprint density at radius 3 is 2.62 bits per heavy atom. The van der Waals surface area contributed by atoms with Crippen LogP contribution in [0.5, 0.6) is 11.5 Å². The highest BCUT2D eigenvalue weighted by molar-refractivity contribution is 5.54. The molecule has 0 aliphatic rings. The SMILES string of the molecule is COc1cc(C)c(O)cc1[N+](=O)[O-]. The van der Waals surface area contributed by atoms with Crippen LogP contribution in [0, 0.1) is 17.0 Å². The zero-order chi connectivity index (χ0) is 10.0. The van der Waals surface area contributed by atoms with Crippen molar-refractivity contribution in [3.63, 3.8) is 0 Å². The number of aromatic hydroxyl groups is 1. The smallest absolute Gasteiger partial charge is 0.314 e. The van der Waals surface area contributed by atoms with Crippen LogP contribution in [0.3, 0.4) is 0 Å². The summed E-state index contributed by atoms with van der Waals surface area (Å²) in [5, 5.41) is 19.7. The Bertz CT molecular complexity index is 348. The lowest BCUT2D eigenvalue weighted by Gasteiger charge is -2.03. The number of phenols is 1. The summed E-state index contributed by atoms with van der Waals surface area (Å²) in [6.45, 7) is 1.64. The average molecular weight is 183 g/mol. The van der Waals surface area contributed by atoms with Gasteiger partial charge in [-0.2, -0.15) is 0 Å². The molecular formula is C8H9NO4. The first-order valence-corrected chi connectivity index (χ1v) is 3.58. The fourth-order valence-corrected chi connectivity index (χ4v) is 0.965. The van der Waals surface area contributed by atoms with E-state index in [9.17, 15) is 15.2 Å². The molecule has 0 bridgehead atoms. The third-order valence-corrected chi connectivity index (χ3v) is 1.69. The molecule has 0 aliphatic carbocycles. The minimum absolute atomic E-state index is 0.104. The van der Waals surface area contributed by atoms with Crippen LogP contribution < -0.4 is 4.74 Å². The number of nitrogens with zero attached hydrogens (tertiary/aromatic N) is 1. The van der Waals surface area contributed by atoms with E-state index in [-0.39, 0.29) is 17.2 Å². The minimum Gasteiger partial charge on any atom is -0.507 e. The van der Waals surface area contributed by atoms with Crippen LogP contribution in [0.15, 0.2) is 12.1 Å². The number of hydrogen-bond acceptors (Lipinski definition) is 4. The second-order valence-corrected chi connectivity index (χ2v) is 2.57. The Morgan fingerprint density at radius 1 is 1.54 bits per heavy atom. The molecule has 0 saturated carbocycles. The van der Waals surface area contributed by atoms with Gasteiger partial charge >= 0.3 is 5.69 Å². The van der Waals surface area contributed by atoms with E-state index < -0.39 is 4.92 Å². The Hall–Kier alpha value is -1.78. The summed E-state index contributed by atoms with van der Waals surface area (Å²) in [6.07, 6.45) is 0. The molecule has 13 heavy (non-hydrogen) atoms. The molecule has 5 heteroatoms. The van der Waals surface area contributed by atoms with Crippen molar-refractivity contribution >= 4 is 5.69 Å². The van der Waals surface area contributed by atoms with Gasteiger partial charge in [0.25, 0.3) is 0 Å². The summed E-state index contributed by atoms with van der Waals surface area (Å²) in [5.41, 5.74) is 0.313. The predicted molar refractivity (Wildman–Crippen MR) is 46.1 cm³/mol. The first kappa shape index (κ1) is 9.31. The van der Waals surface area contributed by atoms with Gasteiger partial charge in [-0.15, -0.1) is 0 Å².